The van der Waals surface area contributed by atoms with E-state index in [1.54, 1.807) is 12.3 Å². The number of rotatable bonds is 2. The zero-order valence-electron chi connectivity index (χ0n) is 7.77. The number of hydrogen-bond acceptors (Lipinski definition) is 3. The third kappa shape index (κ3) is 1.65. The molecule has 2 unspecified atom stereocenters. The molecule has 0 radical (unpaired) electrons. The molecule has 0 saturated carbocycles. The van der Waals surface area contributed by atoms with Crippen molar-refractivity contribution in [1.82, 2.24) is 5.32 Å². The van der Waals surface area contributed by atoms with Crippen LogP contribution in [0.15, 0.2) is 22.8 Å². The van der Waals surface area contributed by atoms with E-state index in [0.29, 0.717) is 6.42 Å². The fourth-order valence-electron chi connectivity index (χ4n) is 1.92. The van der Waals surface area contributed by atoms with Crippen LogP contribution in [0.4, 0.5) is 0 Å². The monoisotopic (exact) mass is 195 g/mol. The Morgan fingerprint density at radius 3 is 3.14 bits per heavy atom. The first-order valence-corrected chi connectivity index (χ1v) is 4.78. The topological polar surface area (TPSA) is 62.5 Å². The predicted octanol–water partition coefficient (Wildman–Crippen LogP) is 1.40. The van der Waals surface area contributed by atoms with E-state index in [4.69, 9.17) is 9.52 Å². The number of nitrogens with one attached hydrogen (secondary N) is 1. The standard InChI is InChI=1S/C10H13NO3/c12-10(13)7-3-1-5-11-9(7)8-4-2-6-14-8/h2,4,6-7,9,11H,1,3,5H2,(H,12,13). The fourth-order valence-corrected chi connectivity index (χ4v) is 1.92. The van der Waals surface area contributed by atoms with Crippen LogP contribution in [0.25, 0.3) is 0 Å². The van der Waals surface area contributed by atoms with Gasteiger partial charge in [-0.15, -0.1) is 0 Å². The van der Waals surface area contributed by atoms with Crippen molar-refractivity contribution in [2.45, 2.75) is 18.9 Å². The van der Waals surface area contributed by atoms with Crippen LogP contribution in [-0.2, 0) is 4.79 Å². The first-order chi connectivity index (χ1) is 6.79. The summed E-state index contributed by atoms with van der Waals surface area (Å²) in [5.41, 5.74) is 0. The lowest BCUT2D eigenvalue weighted by Gasteiger charge is -2.28. The molecule has 0 aromatic carbocycles. The van der Waals surface area contributed by atoms with Crippen molar-refractivity contribution in [3.8, 4) is 0 Å². The predicted molar refractivity (Wildman–Crippen MR) is 49.8 cm³/mol. The van der Waals surface area contributed by atoms with Gasteiger partial charge in [0.2, 0.25) is 0 Å². The van der Waals surface area contributed by atoms with Gasteiger partial charge in [0.05, 0.1) is 18.2 Å². The average Bonchev–Trinajstić information content (AvgIpc) is 2.70. The second-order valence-corrected chi connectivity index (χ2v) is 3.53. The van der Waals surface area contributed by atoms with Crippen LogP contribution in [0.5, 0.6) is 0 Å². The minimum atomic E-state index is -0.751. The maximum absolute atomic E-state index is 11.0. The second-order valence-electron chi connectivity index (χ2n) is 3.53. The van der Waals surface area contributed by atoms with Crippen molar-refractivity contribution < 1.29 is 14.3 Å². The summed E-state index contributed by atoms with van der Waals surface area (Å²) in [6.45, 7) is 0.856. The molecule has 0 amide bonds. The molecule has 0 spiro atoms. The number of furan rings is 1. The molecule has 0 aliphatic carbocycles. The Kier molecular flexibility index (Phi) is 2.54. The Morgan fingerprint density at radius 2 is 2.50 bits per heavy atom. The lowest BCUT2D eigenvalue weighted by molar-refractivity contribution is -0.144. The van der Waals surface area contributed by atoms with Gasteiger partial charge in [-0.3, -0.25) is 4.79 Å². The second kappa shape index (κ2) is 3.84. The molecule has 1 aliphatic heterocycles. The number of aliphatic carboxylic acids is 1. The molecule has 76 valence electrons. The summed E-state index contributed by atoms with van der Waals surface area (Å²) in [6.07, 6.45) is 3.20. The van der Waals surface area contributed by atoms with Crippen LogP contribution in [-0.4, -0.2) is 17.6 Å². The van der Waals surface area contributed by atoms with Crippen LogP contribution in [0, 0.1) is 5.92 Å². The van der Waals surface area contributed by atoms with Gasteiger partial charge in [0.15, 0.2) is 0 Å². The number of carboxylic acids is 1. The van der Waals surface area contributed by atoms with Gasteiger partial charge in [-0.2, -0.15) is 0 Å². The van der Waals surface area contributed by atoms with E-state index in [1.165, 1.54) is 0 Å². The molecule has 4 nitrogen and oxygen atoms in total. The summed E-state index contributed by atoms with van der Waals surface area (Å²) in [7, 11) is 0. The maximum atomic E-state index is 11.0. The lowest BCUT2D eigenvalue weighted by atomic mass is 9.89. The Hall–Kier alpha value is -1.29. The first-order valence-electron chi connectivity index (χ1n) is 4.78. The van der Waals surface area contributed by atoms with E-state index >= 15 is 0 Å². The number of carbonyl (C=O) groups is 1. The summed E-state index contributed by atoms with van der Waals surface area (Å²) < 4.78 is 5.23. The van der Waals surface area contributed by atoms with Gasteiger partial charge in [-0.1, -0.05) is 0 Å². The summed E-state index contributed by atoms with van der Waals surface area (Å²) in [4.78, 5) is 11.0. The Morgan fingerprint density at radius 1 is 1.64 bits per heavy atom. The summed E-state index contributed by atoms with van der Waals surface area (Å²) in [6, 6.07) is 3.43. The molecule has 2 N–H and O–H groups in total. The van der Waals surface area contributed by atoms with E-state index < -0.39 is 5.97 Å². The summed E-state index contributed by atoms with van der Waals surface area (Å²) in [5, 5.41) is 12.2. The minimum Gasteiger partial charge on any atom is -0.481 e. The Bertz CT molecular complexity index is 307. The smallest absolute Gasteiger partial charge is 0.308 e. The molecule has 14 heavy (non-hydrogen) atoms. The molecule has 2 heterocycles. The number of piperidine rings is 1. The molecule has 1 aromatic heterocycles. The van der Waals surface area contributed by atoms with Crippen LogP contribution in [0.3, 0.4) is 0 Å². The van der Waals surface area contributed by atoms with Gasteiger partial charge in [-0.05, 0) is 31.5 Å². The zero-order chi connectivity index (χ0) is 9.97. The van der Waals surface area contributed by atoms with Crippen LogP contribution >= 0.6 is 0 Å². The van der Waals surface area contributed by atoms with Gasteiger partial charge >= 0.3 is 5.97 Å². The number of hydrogen-bond donors (Lipinski definition) is 2. The van der Waals surface area contributed by atoms with E-state index in [-0.39, 0.29) is 12.0 Å². The molecule has 1 saturated heterocycles. The Labute approximate surface area is 81.9 Å². The molecular formula is C10H13NO3. The van der Waals surface area contributed by atoms with Gasteiger partial charge in [0.25, 0.3) is 0 Å². The van der Waals surface area contributed by atoms with Crippen molar-refractivity contribution >= 4 is 5.97 Å². The summed E-state index contributed by atoms with van der Waals surface area (Å²) >= 11 is 0. The lowest BCUT2D eigenvalue weighted by Crippen LogP contribution is -2.37. The van der Waals surface area contributed by atoms with Gasteiger partial charge in [0, 0.05) is 0 Å². The zero-order valence-corrected chi connectivity index (χ0v) is 7.77. The molecule has 1 aromatic rings. The molecular weight excluding hydrogens is 182 g/mol. The molecule has 2 atom stereocenters. The molecule has 0 bridgehead atoms. The highest BCUT2D eigenvalue weighted by Crippen LogP contribution is 2.29. The van der Waals surface area contributed by atoms with E-state index in [2.05, 4.69) is 5.32 Å². The van der Waals surface area contributed by atoms with E-state index in [0.717, 1.165) is 18.7 Å². The number of carboxylic acid groups (broad SMARTS) is 1. The van der Waals surface area contributed by atoms with Crippen molar-refractivity contribution in [3.63, 3.8) is 0 Å². The highest BCUT2D eigenvalue weighted by atomic mass is 16.4. The minimum absolute atomic E-state index is 0.170. The van der Waals surface area contributed by atoms with Crippen molar-refractivity contribution in [3.05, 3.63) is 24.2 Å². The Balaban J connectivity index is 2.18. The van der Waals surface area contributed by atoms with Crippen LogP contribution < -0.4 is 5.32 Å². The summed E-state index contributed by atoms with van der Waals surface area (Å²) in [5.74, 6) is -0.398. The van der Waals surface area contributed by atoms with E-state index in [9.17, 15) is 4.79 Å². The molecule has 4 heteroatoms. The SMILES string of the molecule is O=C(O)C1CCCNC1c1ccco1. The molecule has 1 fully saturated rings. The third-order valence-electron chi connectivity index (χ3n) is 2.63. The maximum Gasteiger partial charge on any atom is 0.308 e. The average molecular weight is 195 g/mol. The quantitative estimate of drug-likeness (QED) is 0.748. The largest absolute Gasteiger partial charge is 0.481 e. The van der Waals surface area contributed by atoms with Gasteiger partial charge in [-0.25, -0.2) is 0 Å². The highest BCUT2D eigenvalue weighted by molar-refractivity contribution is 5.71. The van der Waals surface area contributed by atoms with Gasteiger partial charge < -0.3 is 14.8 Å². The molecule has 2 rings (SSSR count). The first kappa shape index (κ1) is 9.27. The molecule has 1 aliphatic rings. The van der Waals surface area contributed by atoms with Crippen LogP contribution in [0.1, 0.15) is 24.6 Å². The highest BCUT2D eigenvalue weighted by Gasteiger charge is 2.33. The fraction of sp³-hybridized carbons (Fsp3) is 0.500. The van der Waals surface area contributed by atoms with Crippen molar-refractivity contribution in [2.24, 2.45) is 5.92 Å². The normalized spacial score (nSPS) is 27.4. The third-order valence-corrected chi connectivity index (χ3v) is 2.63. The van der Waals surface area contributed by atoms with Gasteiger partial charge in [0.1, 0.15) is 5.76 Å². The van der Waals surface area contributed by atoms with Crippen LogP contribution in [0.2, 0.25) is 0 Å². The van der Waals surface area contributed by atoms with Crippen molar-refractivity contribution in [2.75, 3.05) is 6.54 Å². The van der Waals surface area contributed by atoms with E-state index in [1.807, 2.05) is 6.07 Å². The van der Waals surface area contributed by atoms with Crippen molar-refractivity contribution in [1.29, 1.82) is 0 Å².